The summed E-state index contributed by atoms with van der Waals surface area (Å²) in [6.45, 7) is 2.98. The van der Waals surface area contributed by atoms with Crippen molar-refractivity contribution in [2.24, 2.45) is 0 Å². The second-order valence-corrected chi connectivity index (χ2v) is 6.65. The van der Waals surface area contributed by atoms with Crippen LogP contribution in [0.2, 0.25) is 0 Å². The minimum atomic E-state index is -1.16. The van der Waals surface area contributed by atoms with Crippen LogP contribution in [0, 0.1) is 6.61 Å². The Kier molecular flexibility index (Phi) is 11.2. The van der Waals surface area contributed by atoms with Gasteiger partial charge < -0.3 is 25.4 Å². The number of hydrogen-bond donors (Lipinski definition) is 4. The molecule has 1 saturated heterocycles. The summed E-state index contributed by atoms with van der Waals surface area (Å²) < 4.78 is 5.12. The molecule has 4 N–H and O–H groups in total. The molecule has 1 aliphatic rings. The van der Waals surface area contributed by atoms with Gasteiger partial charge >= 0.3 is 0 Å². The van der Waals surface area contributed by atoms with Gasteiger partial charge in [-0.05, 0) is 6.42 Å². The lowest BCUT2D eigenvalue weighted by atomic mass is 9.97. The van der Waals surface area contributed by atoms with Gasteiger partial charge in [0, 0.05) is 6.42 Å². The van der Waals surface area contributed by atoms with E-state index in [0.717, 1.165) is 25.9 Å². The number of nitrogens with one attached hydrogen (secondary N) is 1. The van der Waals surface area contributed by atoms with Gasteiger partial charge in [-0.25, -0.2) is 0 Å². The highest BCUT2D eigenvalue weighted by Gasteiger charge is 2.39. The molecule has 0 saturated carbocycles. The Morgan fingerprint density at radius 2 is 1.62 bits per heavy atom. The van der Waals surface area contributed by atoms with Gasteiger partial charge in [0.2, 0.25) is 5.91 Å². The molecular formula is C18H34NO5. The van der Waals surface area contributed by atoms with E-state index in [1.54, 1.807) is 0 Å². The summed E-state index contributed by atoms with van der Waals surface area (Å²) in [4.78, 5) is 12.0. The normalized spacial score (nSPS) is 27.2. The zero-order valence-electron chi connectivity index (χ0n) is 14.8. The largest absolute Gasteiger partial charge is 0.394 e. The molecule has 141 valence electrons. The van der Waals surface area contributed by atoms with E-state index in [9.17, 15) is 20.1 Å². The van der Waals surface area contributed by atoms with Gasteiger partial charge in [-0.1, -0.05) is 58.3 Å². The molecule has 0 unspecified atom stereocenters. The van der Waals surface area contributed by atoms with Gasteiger partial charge in [0.1, 0.15) is 24.9 Å². The highest BCUT2D eigenvalue weighted by atomic mass is 16.5. The van der Waals surface area contributed by atoms with E-state index in [4.69, 9.17) is 4.74 Å². The smallest absolute Gasteiger partial charge is 0.220 e. The maximum atomic E-state index is 12.0. The Morgan fingerprint density at radius 1 is 1.04 bits per heavy atom. The van der Waals surface area contributed by atoms with Gasteiger partial charge in [-0.15, -0.1) is 0 Å². The maximum absolute atomic E-state index is 12.0. The molecule has 0 aliphatic carbocycles. The van der Waals surface area contributed by atoms with E-state index in [2.05, 4.69) is 12.2 Å². The van der Waals surface area contributed by atoms with Crippen molar-refractivity contribution in [1.82, 2.24) is 5.32 Å². The molecule has 24 heavy (non-hydrogen) atoms. The number of carbonyl (C=O) groups excluding carboxylic acids is 1. The first-order valence-electron chi connectivity index (χ1n) is 9.35. The van der Waals surface area contributed by atoms with E-state index in [1.807, 2.05) is 0 Å². The van der Waals surface area contributed by atoms with Crippen LogP contribution in [0.4, 0.5) is 0 Å². The van der Waals surface area contributed by atoms with E-state index >= 15 is 0 Å². The van der Waals surface area contributed by atoms with Crippen molar-refractivity contribution in [3.63, 3.8) is 0 Å². The molecule has 0 spiro atoms. The van der Waals surface area contributed by atoms with Crippen LogP contribution in [-0.4, -0.2) is 52.2 Å². The summed E-state index contributed by atoms with van der Waals surface area (Å²) in [6, 6.07) is -0.791. The quantitative estimate of drug-likeness (QED) is 0.404. The molecule has 1 aliphatic heterocycles. The molecule has 1 rings (SSSR count). The lowest BCUT2D eigenvalue weighted by Crippen LogP contribution is -2.60. The molecule has 0 aromatic rings. The fraction of sp³-hybridized carbons (Fsp3) is 0.889. The lowest BCUT2D eigenvalue weighted by Gasteiger charge is -2.37. The highest BCUT2D eigenvalue weighted by molar-refractivity contribution is 5.76. The average molecular weight is 344 g/mol. The molecule has 6 heteroatoms. The van der Waals surface area contributed by atoms with Crippen LogP contribution in [0.5, 0.6) is 0 Å². The fourth-order valence-electron chi connectivity index (χ4n) is 2.97. The van der Waals surface area contributed by atoms with E-state index in [1.165, 1.54) is 38.5 Å². The standard InChI is InChI=1S/C18H34NO5/c1-2-3-4-5-6-7-8-9-10-11-16(22)19-17-15(12-20)24-13-14(21)18(17)23/h13-15,17-18,20-21,23H,2-12H2,1H3,(H,19,22)/t14-,15+,17+,18+/m0/s1. The van der Waals surface area contributed by atoms with Gasteiger partial charge in [-0.2, -0.15) is 0 Å². The van der Waals surface area contributed by atoms with E-state index in [0.29, 0.717) is 6.42 Å². The van der Waals surface area contributed by atoms with Crippen LogP contribution < -0.4 is 5.32 Å². The van der Waals surface area contributed by atoms with Crippen molar-refractivity contribution in [3.8, 4) is 0 Å². The summed E-state index contributed by atoms with van der Waals surface area (Å²) in [5.41, 5.74) is 0. The molecule has 4 atom stereocenters. The van der Waals surface area contributed by atoms with Crippen molar-refractivity contribution in [2.45, 2.75) is 95.5 Å². The third-order valence-corrected chi connectivity index (χ3v) is 4.53. The molecule has 0 aromatic heterocycles. The van der Waals surface area contributed by atoms with Crippen LogP contribution in [-0.2, 0) is 9.53 Å². The summed E-state index contributed by atoms with van der Waals surface area (Å²) >= 11 is 0. The SMILES string of the molecule is CCCCCCCCCCCC(=O)N[C@H]1[C@H](O)[C@@H](O)[CH]O[C@@H]1CO. The Morgan fingerprint density at radius 3 is 2.21 bits per heavy atom. The minimum absolute atomic E-state index is 0.182. The van der Waals surface area contributed by atoms with E-state index in [-0.39, 0.29) is 12.5 Å². The Balaban J connectivity index is 2.12. The van der Waals surface area contributed by atoms with Gasteiger partial charge in [0.05, 0.1) is 12.6 Å². The zero-order chi connectivity index (χ0) is 17.8. The summed E-state index contributed by atoms with van der Waals surface area (Å²) in [6.07, 6.45) is 7.99. The fourth-order valence-corrected chi connectivity index (χ4v) is 2.97. The second kappa shape index (κ2) is 12.6. The minimum Gasteiger partial charge on any atom is -0.394 e. The molecular weight excluding hydrogens is 310 g/mol. The van der Waals surface area contributed by atoms with Crippen LogP contribution in [0.3, 0.4) is 0 Å². The topological polar surface area (TPSA) is 99.0 Å². The molecule has 1 heterocycles. The van der Waals surface area contributed by atoms with Crippen molar-refractivity contribution >= 4 is 5.91 Å². The number of ether oxygens (including phenoxy) is 1. The Labute approximate surface area is 145 Å². The summed E-state index contributed by atoms with van der Waals surface area (Å²) in [7, 11) is 0. The predicted molar refractivity (Wildman–Crippen MR) is 92.0 cm³/mol. The average Bonchev–Trinajstić information content (AvgIpc) is 2.58. The second-order valence-electron chi connectivity index (χ2n) is 6.65. The number of carbonyl (C=O) groups is 1. The first kappa shape index (κ1) is 21.4. The number of hydrogen-bond acceptors (Lipinski definition) is 5. The molecule has 0 bridgehead atoms. The summed E-state index contributed by atoms with van der Waals surface area (Å²) in [5, 5.41) is 31.4. The monoisotopic (exact) mass is 344 g/mol. The van der Waals surface area contributed by atoms with Gasteiger partial charge in [0.15, 0.2) is 0 Å². The van der Waals surface area contributed by atoms with Crippen molar-refractivity contribution in [3.05, 3.63) is 6.61 Å². The molecule has 1 fully saturated rings. The molecule has 6 nitrogen and oxygen atoms in total. The van der Waals surface area contributed by atoms with Crippen molar-refractivity contribution in [1.29, 1.82) is 0 Å². The number of aliphatic hydroxyl groups is 3. The van der Waals surface area contributed by atoms with Crippen LogP contribution in [0.1, 0.15) is 71.1 Å². The Bertz CT molecular complexity index is 337. The van der Waals surface area contributed by atoms with E-state index < -0.39 is 24.4 Å². The third kappa shape index (κ3) is 7.92. The maximum Gasteiger partial charge on any atom is 0.220 e. The Hall–Kier alpha value is -0.690. The number of amides is 1. The zero-order valence-corrected chi connectivity index (χ0v) is 14.8. The van der Waals surface area contributed by atoms with Crippen LogP contribution >= 0.6 is 0 Å². The van der Waals surface area contributed by atoms with Gasteiger partial charge in [0.25, 0.3) is 0 Å². The predicted octanol–water partition coefficient (Wildman–Crippen LogP) is 1.67. The first-order valence-corrected chi connectivity index (χ1v) is 9.35. The van der Waals surface area contributed by atoms with Gasteiger partial charge in [-0.3, -0.25) is 4.79 Å². The molecule has 0 aromatic carbocycles. The molecule has 1 radical (unpaired) electrons. The third-order valence-electron chi connectivity index (χ3n) is 4.53. The van der Waals surface area contributed by atoms with Crippen molar-refractivity contribution < 1.29 is 24.9 Å². The van der Waals surface area contributed by atoms with Crippen molar-refractivity contribution in [2.75, 3.05) is 6.61 Å². The molecule has 1 amide bonds. The van der Waals surface area contributed by atoms with Crippen LogP contribution in [0.15, 0.2) is 0 Å². The lowest BCUT2D eigenvalue weighted by molar-refractivity contribution is -0.137. The highest BCUT2D eigenvalue weighted by Crippen LogP contribution is 2.18. The number of unbranched alkanes of at least 4 members (excludes halogenated alkanes) is 8. The number of rotatable bonds is 12. The summed E-state index contributed by atoms with van der Waals surface area (Å²) in [5.74, 6) is -0.182. The van der Waals surface area contributed by atoms with Crippen LogP contribution in [0.25, 0.3) is 0 Å². The number of aliphatic hydroxyl groups excluding tert-OH is 3. The first-order chi connectivity index (χ1) is 11.6.